The molecule has 1 aromatic carbocycles. The molecule has 6 heteroatoms. The summed E-state index contributed by atoms with van der Waals surface area (Å²) >= 11 is 0. The number of rotatable bonds is 4. The van der Waals surface area contributed by atoms with Gasteiger partial charge >= 0.3 is 5.69 Å². The fourth-order valence-electron chi connectivity index (χ4n) is 4.36. The van der Waals surface area contributed by atoms with Gasteiger partial charge in [0.2, 0.25) is 0 Å². The molecule has 1 saturated heterocycles. The van der Waals surface area contributed by atoms with Gasteiger partial charge in [0, 0.05) is 25.7 Å². The number of hydrogen-bond donors (Lipinski definition) is 0. The van der Waals surface area contributed by atoms with E-state index in [-0.39, 0.29) is 23.1 Å². The van der Waals surface area contributed by atoms with Gasteiger partial charge in [-0.25, -0.2) is 9.18 Å². The van der Waals surface area contributed by atoms with Crippen molar-refractivity contribution in [2.45, 2.75) is 57.5 Å². The van der Waals surface area contributed by atoms with Crippen LogP contribution in [-0.2, 0) is 6.54 Å². The van der Waals surface area contributed by atoms with Gasteiger partial charge in [0.15, 0.2) is 0 Å². The van der Waals surface area contributed by atoms with Crippen LogP contribution in [0.15, 0.2) is 21.7 Å². The maximum Gasteiger partial charge on any atom is 0.331 e. The third-order valence-corrected chi connectivity index (χ3v) is 6.27. The number of fused-ring (bicyclic) bond motifs is 1. The van der Waals surface area contributed by atoms with Gasteiger partial charge in [-0.15, -0.1) is 0 Å². The second kappa shape index (κ2) is 5.96. The Labute approximate surface area is 151 Å². The molecule has 138 valence electrons. The smallest absolute Gasteiger partial charge is 0.331 e. The van der Waals surface area contributed by atoms with Crippen LogP contribution in [0, 0.1) is 11.7 Å². The monoisotopic (exact) mass is 357 g/mol. The van der Waals surface area contributed by atoms with E-state index in [1.165, 1.54) is 17.1 Å². The lowest BCUT2D eigenvalue weighted by atomic mass is 9.85. The lowest BCUT2D eigenvalue weighted by Crippen LogP contribution is -2.41. The first-order chi connectivity index (χ1) is 12.6. The van der Waals surface area contributed by atoms with Crippen molar-refractivity contribution in [2.75, 3.05) is 18.0 Å². The zero-order chi connectivity index (χ0) is 17.8. The van der Waals surface area contributed by atoms with E-state index in [0.717, 1.165) is 51.6 Å². The standard InChI is InChI=1S/C20H24FN3O2/c21-16-10-15-17(11-18(16)22-8-1-2-9-22)23(12-13-4-3-5-13)20(26)24(19(15)25)14-6-7-14/h10-11,13-14H,1-9,12H2. The van der Waals surface area contributed by atoms with Crippen LogP contribution in [0.2, 0.25) is 0 Å². The van der Waals surface area contributed by atoms with Crippen molar-refractivity contribution in [3.05, 3.63) is 38.8 Å². The molecule has 0 unspecified atom stereocenters. The lowest BCUT2D eigenvalue weighted by Gasteiger charge is -2.27. The van der Waals surface area contributed by atoms with Crippen LogP contribution >= 0.6 is 0 Å². The van der Waals surface area contributed by atoms with E-state index in [2.05, 4.69) is 0 Å². The molecular formula is C20H24FN3O2. The number of benzene rings is 1. The minimum Gasteiger partial charge on any atom is -0.369 e. The van der Waals surface area contributed by atoms with Crippen LogP contribution in [0.1, 0.15) is 51.0 Å². The lowest BCUT2D eigenvalue weighted by molar-refractivity contribution is 0.273. The topological polar surface area (TPSA) is 47.2 Å². The fourth-order valence-corrected chi connectivity index (χ4v) is 4.36. The molecule has 1 aromatic heterocycles. The normalized spacial score (nSPS) is 20.7. The summed E-state index contributed by atoms with van der Waals surface area (Å²) in [6.07, 6.45) is 7.27. The van der Waals surface area contributed by atoms with E-state index >= 15 is 0 Å². The largest absolute Gasteiger partial charge is 0.369 e. The van der Waals surface area contributed by atoms with Gasteiger partial charge in [-0.3, -0.25) is 13.9 Å². The third kappa shape index (κ3) is 2.49. The molecule has 5 rings (SSSR count). The SMILES string of the molecule is O=c1c2cc(F)c(N3CCCC3)cc2n(CC2CCC2)c(=O)n1C1CC1. The van der Waals surface area contributed by atoms with Gasteiger partial charge in [-0.05, 0) is 56.6 Å². The van der Waals surface area contributed by atoms with Crippen molar-refractivity contribution in [3.8, 4) is 0 Å². The second-order valence-corrected chi connectivity index (χ2v) is 8.11. The summed E-state index contributed by atoms with van der Waals surface area (Å²) in [7, 11) is 0. The highest BCUT2D eigenvalue weighted by Crippen LogP contribution is 2.34. The molecule has 0 radical (unpaired) electrons. The molecule has 3 aliphatic rings. The van der Waals surface area contributed by atoms with Gasteiger partial charge in [0.1, 0.15) is 5.82 Å². The van der Waals surface area contributed by atoms with E-state index < -0.39 is 0 Å². The first-order valence-electron chi connectivity index (χ1n) is 9.87. The molecule has 5 nitrogen and oxygen atoms in total. The zero-order valence-corrected chi connectivity index (χ0v) is 14.9. The highest BCUT2D eigenvalue weighted by molar-refractivity contribution is 5.82. The van der Waals surface area contributed by atoms with E-state index in [4.69, 9.17) is 0 Å². The van der Waals surface area contributed by atoms with Crippen LogP contribution in [0.3, 0.4) is 0 Å². The minimum atomic E-state index is -0.354. The predicted molar refractivity (Wildman–Crippen MR) is 99.5 cm³/mol. The molecule has 0 atom stereocenters. The van der Waals surface area contributed by atoms with Crippen molar-refractivity contribution in [1.82, 2.24) is 9.13 Å². The van der Waals surface area contributed by atoms with Gasteiger partial charge < -0.3 is 4.90 Å². The quantitative estimate of drug-likeness (QED) is 0.845. The Bertz CT molecular complexity index is 979. The zero-order valence-electron chi connectivity index (χ0n) is 14.9. The van der Waals surface area contributed by atoms with E-state index in [1.807, 2.05) is 4.90 Å². The first kappa shape index (κ1) is 16.1. The molecule has 0 bridgehead atoms. The Kier molecular flexibility index (Phi) is 3.69. The number of nitrogens with zero attached hydrogens (tertiary/aromatic N) is 3. The van der Waals surface area contributed by atoms with E-state index in [1.54, 1.807) is 10.6 Å². The molecule has 0 amide bonds. The number of anilines is 1. The van der Waals surface area contributed by atoms with Crippen LogP contribution in [0.5, 0.6) is 0 Å². The molecule has 1 aliphatic heterocycles. The Hall–Kier alpha value is -2.11. The molecule has 0 N–H and O–H groups in total. The van der Waals surface area contributed by atoms with Crippen molar-refractivity contribution in [1.29, 1.82) is 0 Å². The molecular weight excluding hydrogens is 333 g/mol. The van der Waals surface area contributed by atoms with Gasteiger partial charge in [0.25, 0.3) is 5.56 Å². The molecule has 0 spiro atoms. The summed E-state index contributed by atoms with van der Waals surface area (Å²) in [6, 6.07) is 3.10. The summed E-state index contributed by atoms with van der Waals surface area (Å²) in [6.45, 7) is 2.29. The van der Waals surface area contributed by atoms with Crippen LogP contribution in [0.25, 0.3) is 10.9 Å². The minimum absolute atomic E-state index is 0.00615. The number of hydrogen-bond acceptors (Lipinski definition) is 3. The third-order valence-electron chi connectivity index (χ3n) is 6.27. The average Bonchev–Trinajstić information content (AvgIpc) is 3.26. The summed E-state index contributed by atoms with van der Waals surface area (Å²) in [5, 5.41) is 0.344. The summed E-state index contributed by atoms with van der Waals surface area (Å²) < 4.78 is 17.9. The Balaban J connectivity index is 1.75. The Morgan fingerprint density at radius 3 is 2.35 bits per heavy atom. The van der Waals surface area contributed by atoms with E-state index in [9.17, 15) is 14.0 Å². The summed E-state index contributed by atoms with van der Waals surface area (Å²) in [5.74, 6) is 0.133. The Morgan fingerprint density at radius 1 is 1.00 bits per heavy atom. The highest BCUT2D eigenvalue weighted by Gasteiger charge is 2.30. The second-order valence-electron chi connectivity index (χ2n) is 8.11. The van der Waals surface area contributed by atoms with Gasteiger partial charge in [0.05, 0.1) is 16.6 Å². The van der Waals surface area contributed by atoms with Crippen LogP contribution < -0.4 is 16.1 Å². The highest BCUT2D eigenvalue weighted by atomic mass is 19.1. The predicted octanol–water partition coefficient (Wildman–Crippen LogP) is 3.04. The van der Waals surface area contributed by atoms with Crippen molar-refractivity contribution >= 4 is 16.6 Å². The van der Waals surface area contributed by atoms with Gasteiger partial charge in [-0.2, -0.15) is 0 Å². The van der Waals surface area contributed by atoms with Crippen LogP contribution in [0.4, 0.5) is 10.1 Å². The molecule has 2 aliphatic carbocycles. The number of aromatic nitrogens is 2. The maximum absolute atomic E-state index is 14.8. The fraction of sp³-hybridized carbons (Fsp3) is 0.600. The number of halogens is 1. The van der Waals surface area contributed by atoms with Crippen LogP contribution in [-0.4, -0.2) is 22.2 Å². The molecule has 2 aromatic rings. The first-order valence-corrected chi connectivity index (χ1v) is 9.87. The Morgan fingerprint density at radius 2 is 1.73 bits per heavy atom. The van der Waals surface area contributed by atoms with Gasteiger partial charge in [-0.1, -0.05) is 6.42 Å². The van der Waals surface area contributed by atoms with Crippen molar-refractivity contribution < 1.29 is 4.39 Å². The summed E-state index contributed by atoms with van der Waals surface area (Å²) in [4.78, 5) is 28.0. The maximum atomic E-state index is 14.8. The molecule has 26 heavy (non-hydrogen) atoms. The summed E-state index contributed by atoms with van der Waals surface area (Å²) in [5.41, 5.74) is 0.590. The molecule has 3 fully saturated rings. The average molecular weight is 357 g/mol. The molecule has 2 saturated carbocycles. The van der Waals surface area contributed by atoms with Crippen molar-refractivity contribution in [3.63, 3.8) is 0 Å². The van der Waals surface area contributed by atoms with Crippen molar-refractivity contribution in [2.24, 2.45) is 5.92 Å². The van der Waals surface area contributed by atoms with E-state index in [0.29, 0.717) is 29.1 Å². The molecule has 2 heterocycles.